The van der Waals surface area contributed by atoms with Gasteiger partial charge in [0.1, 0.15) is 0 Å². The lowest BCUT2D eigenvalue weighted by atomic mass is 10.1. The van der Waals surface area contributed by atoms with Gasteiger partial charge in [-0.3, -0.25) is 4.57 Å². The molecule has 18 heavy (non-hydrogen) atoms. The molecule has 0 saturated carbocycles. The predicted octanol–water partition coefficient (Wildman–Crippen LogP) is 5.85. The van der Waals surface area contributed by atoms with Crippen LogP contribution in [-0.2, 0) is 9.09 Å². The van der Waals surface area contributed by atoms with Crippen LogP contribution in [0.4, 0.5) is 0 Å². The van der Waals surface area contributed by atoms with Crippen molar-refractivity contribution in [2.75, 3.05) is 19.4 Å². The van der Waals surface area contributed by atoms with E-state index in [9.17, 15) is 4.57 Å². The largest absolute Gasteiger partial charge is 0.329 e. The summed E-state index contributed by atoms with van der Waals surface area (Å²) in [7, 11) is -2.27. The molecule has 3 heteroatoms. The number of rotatable bonds is 13. The Bertz CT molecular complexity index is 217. The molecule has 0 aromatic heterocycles. The van der Waals surface area contributed by atoms with Gasteiger partial charge in [-0.25, -0.2) is 0 Å². The molecule has 0 N–H and O–H groups in total. The fraction of sp³-hybridized carbons (Fsp3) is 1.00. The van der Waals surface area contributed by atoms with Gasteiger partial charge in [-0.2, -0.15) is 0 Å². The smallest absolute Gasteiger partial charge is 0.200 e. The van der Waals surface area contributed by atoms with Gasteiger partial charge in [-0.05, 0) is 13.3 Å². The summed E-state index contributed by atoms with van der Waals surface area (Å²) in [6.45, 7) is 6.51. The molecule has 0 aromatic rings. The van der Waals surface area contributed by atoms with Gasteiger partial charge in [0.05, 0.1) is 6.61 Å². The molecule has 0 aromatic carbocycles. The van der Waals surface area contributed by atoms with E-state index in [0.717, 1.165) is 12.6 Å². The fourth-order valence-corrected chi connectivity index (χ4v) is 3.70. The van der Waals surface area contributed by atoms with Gasteiger partial charge >= 0.3 is 0 Å². The van der Waals surface area contributed by atoms with Crippen LogP contribution in [0.3, 0.4) is 0 Å². The van der Waals surface area contributed by atoms with Gasteiger partial charge in [-0.1, -0.05) is 64.7 Å². The molecule has 1 atom stereocenters. The number of hydrogen-bond acceptors (Lipinski definition) is 2. The zero-order valence-corrected chi connectivity index (χ0v) is 13.6. The van der Waals surface area contributed by atoms with Crippen LogP contribution < -0.4 is 0 Å². The lowest BCUT2D eigenvalue weighted by molar-refractivity contribution is 0.336. The van der Waals surface area contributed by atoms with Gasteiger partial charge < -0.3 is 4.52 Å². The summed E-state index contributed by atoms with van der Waals surface area (Å²) in [5, 5.41) is 0. The van der Waals surface area contributed by atoms with Crippen molar-refractivity contribution in [1.29, 1.82) is 0 Å². The molecule has 0 bridgehead atoms. The van der Waals surface area contributed by atoms with Crippen LogP contribution >= 0.6 is 7.37 Å². The number of unbranched alkanes of at least 4 members (excludes halogenated alkanes) is 9. The second-order valence-corrected chi connectivity index (χ2v) is 8.07. The Labute approximate surface area is 114 Å². The minimum atomic E-state index is -2.27. The molecule has 1 unspecified atom stereocenters. The van der Waals surface area contributed by atoms with Crippen molar-refractivity contribution in [2.45, 2.75) is 78.1 Å². The van der Waals surface area contributed by atoms with Crippen molar-refractivity contribution in [3.63, 3.8) is 0 Å². The normalized spacial score (nSPS) is 14.6. The van der Waals surface area contributed by atoms with Gasteiger partial charge in [0.15, 0.2) is 7.37 Å². The van der Waals surface area contributed by atoms with E-state index < -0.39 is 7.37 Å². The van der Waals surface area contributed by atoms with Crippen molar-refractivity contribution in [2.24, 2.45) is 0 Å². The molecular weight excluding hydrogens is 243 g/mol. The maximum Gasteiger partial charge on any atom is 0.200 e. The summed E-state index contributed by atoms with van der Waals surface area (Å²) in [6.07, 6.45) is 14.0. The van der Waals surface area contributed by atoms with Crippen LogP contribution in [0.1, 0.15) is 78.1 Å². The molecule has 0 aliphatic rings. The Morgan fingerprint density at radius 3 is 1.67 bits per heavy atom. The van der Waals surface area contributed by atoms with Crippen molar-refractivity contribution >= 4 is 7.37 Å². The van der Waals surface area contributed by atoms with Gasteiger partial charge in [0.2, 0.25) is 0 Å². The first-order chi connectivity index (χ1) is 8.62. The first-order valence-corrected chi connectivity index (χ1v) is 10.1. The molecule has 0 saturated heterocycles. The predicted molar refractivity (Wildman–Crippen MR) is 81.9 cm³/mol. The highest BCUT2D eigenvalue weighted by Crippen LogP contribution is 2.43. The topological polar surface area (TPSA) is 26.3 Å². The van der Waals surface area contributed by atoms with E-state index in [1.807, 2.05) is 6.92 Å². The third-order valence-electron chi connectivity index (χ3n) is 3.32. The third kappa shape index (κ3) is 12.6. The standard InChI is InChI=1S/C15H33O2P/c1-4-6-7-8-9-10-11-12-13-14-15-18(3,16)17-5-2/h4-15H2,1-3H3. The maximum absolute atomic E-state index is 11.8. The van der Waals surface area contributed by atoms with Crippen molar-refractivity contribution in [1.82, 2.24) is 0 Å². The molecule has 0 spiro atoms. The second-order valence-electron chi connectivity index (χ2n) is 5.34. The molecule has 0 aliphatic carbocycles. The molecule has 110 valence electrons. The summed E-state index contributed by atoms with van der Waals surface area (Å²) < 4.78 is 17.1. The second kappa shape index (κ2) is 12.2. The average Bonchev–Trinajstić information content (AvgIpc) is 2.31. The first-order valence-electron chi connectivity index (χ1n) is 7.83. The Hall–Kier alpha value is 0.190. The Kier molecular flexibility index (Phi) is 12.4. The molecule has 0 rings (SSSR count). The third-order valence-corrected chi connectivity index (χ3v) is 5.25. The van der Waals surface area contributed by atoms with Gasteiger partial charge in [-0.15, -0.1) is 0 Å². The van der Waals surface area contributed by atoms with Crippen molar-refractivity contribution in [3.05, 3.63) is 0 Å². The van der Waals surface area contributed by atoms with Gasteiger partial charge in [0, 0.05) is 12.8 Å². The molecule has 0 aliphatic heterocycles. The lowest BCUT2D eigenvalue weighted by Crippen LogP contribution is -1.94. The average molecular weight is 276 g/mol. The van der Waals surface area contributed by atoms with E-state index in [1.54, 1.807) is 6.66 Å². The lowest BCUT2D eigenvalue weighted by Gasteiger charge is -2.11. The molecule has 0 heterocycles. The first kappa shape index (κ1) is 18.2. The SMILES string of the molecule is CCCCCCCCCCCCP(C)(=O)OCC. The van der Waals surface area contributed by atoms with Crippen molar-refractivity contribution < 1.29 is 9.09 Å². The van der Waals surface area contributed by atoms with Crippen LogP contribution in [0.2, 0.25) is 0 Å². The highest BCUT2D eigenvalue weighted by molar-refractivity contribution is 7.58. The zero-order valence-electron chi connectivity index (χ0n) is 12.7. The summed E-state index contributed by atoms with van der Waals surface area (Å²) in [6, 6.07) is 0. The van der Waals surface area contributed by atoms with Crippen LogP contribution in [0.15, 0.2) is 0 Å². The van der Waals surface area contributed by atoms with E-state index in [2.05, 4.69) is 6.92 Å². The fourth-order valence-electron chi connectivity index (χ4n) is 2.22. The highest BCUT2D eigenvalue weighted by atomic mass is 31.2. The molecular formula is C15H33O2P. The minimum Gasteiger partial charge on any atom is -0.329 e. The van der Waals surface area contributed by atoms with Crippen LogP contribution in [0.25, 0.3) is 0 Å². The van der Waals surface area contributed by atoms with E-state index in [-0.39, 0.29) is 0 Å². The van der Waals surface area contributed by atoms with E-state index in [1.165, 1.54) is 57.8 Å². The zero-order chi connectivity index (χ0) is 13.7. The van der Waals surface area contributed by atoms with E-state index in [4.69, 9.17) is 4.52 Å². The Morgan fingerprint density at radius 1 is 0.778 bits per heavy atom. The molecule has 0 amide bonds. The van der Waals surface area contributed by atoms with Crippen LogP contribution in [0, 0.1) is 0 Å². The number of hydrogen-bond donors (Lipinski definition) is 0. The summed E-state index contributed by atoms with van der Waals surface area (Å²) in [5.74, 6) is 0. The summed E-state index contributed by atoms with van der Waals surface area (Å²) in [5.41, 5.74) is 0. The van der Waals surface area contributed by atoms with Gasteiger partial charge in [0.25, 0.3) is 0 Å². The monoisotopic (exact) mass is 276 g/mol. The quantitative estimate of drug-likeness (QED) is 0.311. The highest BCUT2D eigenvalue weighted by Gasteiger charge is 2.13. The van der Waals surface area contributed by atoms with Crippen LogP contribution in [0.5, 0.6) is 0 Å². The summed E-state index contributed by atoms with van der Waals surface area (Å²) >= 11 is 0. The molecule has 0 radical (unpaired) electrons. The Morgan fingerprint density at radius 2 is 1.22 bits per heavy atom. The Balaban J connectivity index is 3.18. The van der Waals surface area contributed by atoms with Crippen molar-refractivity contribution in [3.8, 4) is 0 Å². The maximum atomic E-state index is 11.8. The molecule has 0 fully saturated rings. The van der Waals surface area contributed by atoms with Crippen LogP contribution in [-0.4, -0.2) is 19.4 Å². The minimum absolute atomic E-state index is 0.575. The molecule has 2 nitrogen and oxygen atoms in total. The van der Waals surface area contributed by atoms with E-state index in [0.29, 0.717) is 6.61 Å². The summed E-state index contributed by atoms with van der Waals surface area (Å²) in [4.78, 5) is 0. The van der Waals surface area contributed by atoms with E-state index >= 15 is 0 Å².